The molecule has 0 bridgehead atoms. The molecule has 0 aliphatic heterocycles. The Bertz CT molecular complexity index is 849. The van der Waals surface area contributed by atoms with Crippen LogP contribution in [0.4, 0.5) is 0 Å². The predicted octanol–water partition coefficient (Wildman–Crippen LogP) is 3.24. The predicted molar refractivity (Wildman–Crippen MR) is 91.5 cm³/mol. The molecule has 3 aromatic carbocycles. The van der Waals surface area contributed by atoms with Crippen LogP contribution in [0.25, 0.3) is 10.8 Å². The Balaban J connectivity index is 1.66. The number of hydrogen-bond acceptors (Lipinski definition) is 3. The van der Waals surface area contributed by atoms with E-state index in [1.54, 1.807) is 30.5 Å². The maximum Gasteiger partial charge on any atom is 0.244 e. The summed E-state index contributed by atoms with van der Waals surface area (Å²) < 4.78 is 0. The molecule has 0 aliphatic rings. The van der Waals surface area contributed by atoms with Gasteiger partial charge >= 0.3 is 0 Å². The summed E-state index contributed by atoms with van der Waals surface area (Å²) in [5, 5.41) is 15.3. The van der Waals surface area contributed by atoms with Crippen LogP contribution in [0.2, 0.25) is 0 Å². The molecule has 0 aromatic heterocycles. The monoisotopic (exact) mass is 304 g/mol. The second-order valence-corrected chi connectivity index (χ2v) is 5.20. The number of hydrazone groups is 1. The molecule has 0 aliphatic carbocycles. The highest BCUT2D eigenvalue weighted by molar-refractivity contribution is 5.90. The summed E-state index contributed by atoms with van der Waals surface area (Å²) in [7, 11) is 0. The van der Waals surface area contributed by atoms with Gasteiger partial charge in [0.15, 0.2) is 0 Å². The van der Waals surface area contributed by atoms with Crippen LogP contribution in [-0.4, -0.2) is 17.2 Å². The van der Waals surface area contributed by atoms with Crippen LogP contribution in [0.15, 0.2) is 71.8 Å². The van der Waals surface area contributed by atoms with E-state index in [-0.39, 0.29) is 18.1 Å². The number of rotatable bonds is 4. The maximum atomic E-state index is 12.0. The number of amides is 1. The molecule has 3 rings (SSSR count). The second-order valence-electron chi connectivity index (χ2n) is 5.20. The molecule has 4 nitrogen and oxygen atoms in total. The first kappa shape index (κ1) is 14.8. The minimum atomic E-state index is -0.170. The lowest BCUT2D eigenvalue weighted by atomic mass is 10.0. The topological polar surface area (TPSA) is 61.7 Å². The number of carbonyl (C=O) groups is 1. The highest BCUT2D eigenvalue weighted by atomic mass is 16.3. The Labute approximate surface area is 134 Å². The summed E-state index contributed by atoms with van der Waals surface area (Å²) in [6.07, 6.45) is 1.81. The molecule has 4 heteroatoms. The smallest absolute Gasteiger partial charge is 0.244 e. The molecule has 0 unspecified atom stereocenters. The van der Waals surface area contributed by atoms with Gasteiger partial charge in [-0.15, -0.1) is 0 Å². The van der Waals surface area contributed by atoms with Gasteiger partial charge in [-0.2, -0.15) is 5.10 Å². The zero-order valence-electron chi connectivity index (χ0n) is 12.4. The van der Waals surface area contributed by atoms with Crippen molar-refractivity contribution in [3.05, 3.63) is 77.9 Å². The first-order valence-electron chi connectivity index (χ1n) is 7.30. The van der Waals surface area contributed by atoms with Gasteiger partial charge in [0, 0.05) is 0 Å². The van der Waals surface area contributed by atoms with Gasteiger partial charge in [0.2, 0.25) is 5.91 Å². The fraction of sp³-hybridized carbons (Fsp3) is 0.0526. The second kappa shape index (κ2) is 6.75. The Morgan fingerprint density at radius 2 is 1.74 bits per heavy atom. The van der Waals surface area contributed by atoms with Crippen LogP contribution in [0.3, 0.4) is 0 Å². The summed E-state index contributed by atoms with van der Waals surface area (Å²) in [5.74, 6) is 0.0264. The Kier molecular flexibility index (Phi) is 4.34. The van der Waals surface area contributed by atoms with E-state index in [1.807, 2.05) is 42.5 Å². The van der Waals surface area contributed by atoms with Crippen molar-refractivity contribution in [3.8, 4) is 5.75 Å². The molecule has 0 fully saturated rings. The number of fused-ring (bicyclic) bond motifs is 1. The first-order chi connectivity index (χ1) is 11.2. The van der Waals surface area contributed by atoms with Gasteiger partial charge in [-0.25, -0.2) is 5.43 Å². The summed E-state index contributed by atoms with van der Waals surface area (Å²) >= 11 is 0. The number of nitrogens with one attached hydrogen (secondary N) is 1. The summed E-state index contributed by atoms with van der Waals surface area (Å²) in [5.41, 5.74) is 4.30. The molecule has 1 amide bonds. The molecular weight excluding hydrogens is 288 g/mol. The van der Waals surface area contributed by atoms with Gasteiger partial charge in [-0.1, -0.05) is 42.5 Å². The van der Waals surface area contributed by atoms with Crippen molar-refractivity contribution in [2.75, 3.05) is 0 Å². The van der Waals surface area contributed by atoms with Crippen LogP contribution in [0.5, 0.6) is 5.75 Å². The molecule has 0 radical (unpaired) electrons. The molecule has 0 atom stereocenters. The minimum Gasteiger partial charge on any atom is -0.508 e. The van der Waals surface area contributed by atoms with E-state index >= 15 is 0 Å². The van der Waals surface area contributed by atoms with Crippen molar-refractivity contribution >= 4 is 22.9 Å². The van der Waals surface area contributed by atoms with E-state index in [0.29, 0.717) is 0 Å². The molecule has 114 valence electrons. The summed E-state index contributed by atoms with van der Waals surface area (Å²) in [6, 6.07) is 20.5. The fourth-order valence-corrected chi connectivity index (χ4v) is 2.40. The molecule has 0 saturated heterocycles. The standard InChI is InChI=1S/C19H16N2O2/c22-17-10-8-14(9-11-17)13-20-21-19(23)12-16-6-3-5-15-4-1-2-7-18(15)16/h1-11,13,22H,12H2,(H,21,23)/b20-13+. The molecule has 3 aromatic rings. The molecule has 2 N–H and O–H groups in total. The molecule has 0 spiro atoms. The summed E-state index contributed by atoms with van der Waals surface area (Å²) in [6.45, 7) is 0. The van der Waals surface area contributed by atoms with Crippen molar-refractivity contribution in [1.82, 2.24) is 5.43 Å². The average Bonchev–Trinajstić information content (AvgIpc) is 2.57. The Morgan fingerprint density at radius 1 is 1.00 bits per heavy atom. The number of benzene rings is 3. The van der Waals surface area contributed by atoms with Crippen LogP contribution in [0, 0.1) is 0 Å². The minimum absolute atomic E-state index is 0.170. The van der Waals surface area contributed by atoms with Gasteiger partial charge in [0.25, 0.3) is 0 Å². The van der Waals surface area contributed by atoms with Gasteiger partial charge in [-0.05, 0) is 46.2 Å². The Morgan fingerprint density at radius 3 is 2.57 bits per heavy atom. The number of hydrogen-bond donors (Lipinski definition) is 2. The van der Waals surface area contributed by atoms with Crippen molar-refractivity contribution < 1.29 is 9.90 Å². The van der Waals surface area contributed by atoms with E-state index in [0.717, 1.165) is 21.9 Å². The highest BCUT2D eigenvalue weighted by Crippen LogP contribution is 2.18. The lowest BCUT2D eigenvalue weighted by Gasteiger charge is -2.05. The highest BCUT2D eigenvalue weighted by Gasteiger charge is 2.05. The zero-order chi connectivity index (χ0) is 16.1. The van der Waals surface area contributed by atoms with Crippen molar-refractivity contribution in [3.63, 3.8) is 0 Å². The number of phenols is 1. The molecular formula is C19H16N2O2. The number of carbonyl (C=O) groups excluding carboxylic acids is 1. The normalized spacial score (nSPS) is 11.0. The van der Waals surface area contributed by atoms with Gasteiger partial charge < -0.3 is 5.11 Å². The maximum absolute atomic E-state index is 12.0. The largest absolute Gasteiger partial charge is 0.508 e. The van der Waals surface area contributed by atoms with Crippen molar-refractivity contribution in [2.24, 2.45) is 5.10 Å². The van der Waals surface area contributed by atoms with Crippen LogP contribution in [0.1, 0.15) is 11.1 Å². The van der Waals surface area contributed by atoms with E-state index in [9.17, 15) is 9.90 Å². The van der Waals surface area contributed by atoms with E-state index in [4.69, 9.17) is 0 Å². The molecule has 23 heavy (non-hydrogen) atoms. The third-order valence-electron chi connectivity index (χ3n) is 3.53. The van der Waals surface area contributed by atoms with E-state index < -0.39 is 0 Å². The van der Waals surface area contributed by atoms with E-state index in [1.165, 1.54) is 0 Å². The third-order valence-corrected chi connectivity index (χ3v) is 3.53. The number of nitrogens with zero attached hydrogens (tertiary/aromatic N) is 1. The SMILES string of the molecule is O=C(Cc1cccc2ccccc12)N/N=C/c1ccc(O)cc1. The van der Waals surface area contributed by atoms with Crippen molar-refractivity contribution in [1.29, 1.82) is 0 Å². The Hall–Kier alpha value is -3.14. The van der Waals surface area contributed by atoms with Crippen molar-refractivity contribution in [2.45, 2.75) is 6.42 Å². The van der Waals surface area contributed by atoms with Crippen LogP contribution >= 0.6 is 0 Å². The quantitative estimate of drug-likeness (QED) is 0.574. The lowest BCUT2D eigenvalue weighted by Crippen LogP contribution is -2.19. The summed E-state index contributed by atoms with van der Waals surface area (Å²) in [4.78, 5) is 12.0. The van der Waals surface area contributed by atoms with Crippen LogP contribution < -0.4 is 5.43 Å². The van der Waals surface area contributed by atoms with Gasteiger partial charge in [0.05, 0.1) is 12.6 Å². The first-order valence-corrected chi connectivity index (χ1v) is 7.30. The van der Waals surface area contributed by atoms with Gasteiger partial charge in [-0.3, -0.25) is 4.79 Å². The average molecular weight is 304 g/mol. The number of aromatic hydroxyl groups is 1. The third kappa shape index (κ3) is 3.74. The zero-order valence-corrected chi connectivity index (χ0v) is 12.4. The number of phenolic OH excluding ortho intramolecular Hbond substituents is 1. The van der Waals surface area contributed by atoms with Gasteiger partial charge in [0.1, 0.15) is 5.75 Å². The van der Waals surface area contributed by atoms with Crippen LogP contribution in [-0.2, 0) is 11.2 Å². The fourth-order valence-electron chi connectivity index (χ4n) is 2.40. The van der Waals surface area contributed by atoms with E-state index in [2.05, 4.69) is 10.5 Å². The lowest BCUT2D eigenvalue weighted by molar-refractivity contribution is -0.120. The molecule has 0 saturated carbocycles. The molecule has 0 heterocycles.